The molecule has 0 radical (unpaired) electrons. The van der Waals surface area contributed by atoms with Crippen LogP contribution in [0.25, 0.3) is 0 Å². The summed E-state index contributed by atoms with van der Waals surface area (Å²) in [4.78, 5) is 14.2. The van der Waals surface area contributed by atoms with Crippen LogP contribution in [0, 0.1) is 0 Å². The van der Waals surface area contributed by atoms with Gasteiger partial charge in [0, 0.05) is 12.6 Å². The van der Waals surface area contributed by atoms with Gasteiger partial charge in [0.2, 0.25) is 5.91 Å². The highest BCUT2D eigenvalue weighted by molar-refractivity contribution is 5.79. The third kappa shape index (κ3) is 3.70. The molecule has 1 aliphatic rings. The van der Waals surface area contributed by atoms with Gasteiger partial charge in [-0.3, -0.25) is 4.79 Å². The van der Waals surface area contributed by atoms with Crippen LogP contribution in [0.1, 0.15) is 31.7 Å². The molecule has 4 heteroatoms. The number of likely N-dealkylation sites (tertiary alicyclic amines) is 1. The van der Waals surface area contributed by atoms with Crippen LogP contribution in [0.15, 0.2) is 24.3 Å². The summed E-state index contributed by atoms with van der Waals surface area (Å²) in [6.07, 6.45) is 2.55. The van der Waals surface area contributed by atoms with Crippen molar-refractivity contribution in [1.29, 1.82) is 0 Å². The monoisotopic (exact) mass is 263 g/mol. The number of amides is 1. The van der Waals surface area contributed by atoms with E-state index in [1.165, 1.54) is 0 Å². The minimum Gasteiger partial charge on any atom is -0.508 e. The molecule has 2 N–H and O–H groups in total. The number of benzene rings is 1. The number of phenols is 1. The highest BCUT2D eigenvalue weighted by atomic mass is 16.3. The molecule has 0 bridgehead atoms. The average Bonchev–Trinajstić information content (AvgIpc) is 2.76. The van der Waals surface area contributed by atoms with E-state index in [9.17, 15) is 15.0 Å². The first-order valence-corrected chi connectivity index (χ1v) is 6.81. The van der Waals surface area contributed by atoms with Gasteiger partial charge >= 0.3 is 0 Å². The number of carbonyl (C=O) groups is 1. The molecule has 1 aromatic carbocycles. The predicted molar refractivity (Wildman–Crippen MR) is 72.8 cm³/mol. The maximum absolute atomic E-state index is 12.3. The van der Waals surface area contributed by atoms with Gasteiger partial charge in [-0.15, -0.1) is 0 Å². The summed E-state index contributed by atoms with van der Waals surface area (Å²) >= 11 is 0. The highest BCUT2D eigenvalue weighted by Gasteiger charge is 2.29. The zero-order chi connectivity index (χ0) is 13.8. The zero-order valence-corrected chi connectivity index (χ0v) is 11.2. The van der Waals surface area contributed by atoms with Gasteiger partial charge in [0.1, 0.15) is 5.75 Å². The molecule has 1 saturated heterocycles. The number of hydrogen-bond donors (Lipinski definition) is 2. The lowest BCUT2D eigenvalue weighted by Gasteiger charge is -2.25. The van der Waals surface area contributed by atoms with Crippen LogP contribution < -0.4 is 0 Å². The summed E-state index contributed by atoms with van der Waals surface area (Å²) in [6.45, 7) is 2.53. The molecule has 0 aliphatic carbocycles. The van der Waals surface area contributed by atoms with E-state index in [0.29, 0.717) is 12.8 Å². The Labute approximate surface area is 113 Å². The number of aromatic hydroxyl groups is 1. The molecule has 1 aliphatic heterocycles. The normalized spacial score (nSPS) is 20.5. The van der Waals surface area contributed by atoms with Crippen molar-refractivity contribution in [3.63, 3.8) is 0 Å². The molecule has 1 aromatic rings. The van der Waals surface area contributed by atoms with Crippen molar-refractivity contribution in [2.75, 3.05) is 6.54 Å². The number of aliphatic hydroxyl groups is 1. The number of phenolic OH excluding ortho intramolecular Hbond substituents is 1. The van der Waals surface area contributed by atoms with Gasteiger partial charge in [-0.1, -0.05) is 12.1 Å². The van der Waals surface area contributed by atoms with E-state index >= 15 is 0 Å². The summed E-state index contributed by atoms with van der Waals surface area (Å²) < 4.78 is 0. The Bertz CT molecular complexity index is 445. The number of aliphatic hydroxyl groups excluding tert-OH is 1. The summed E-state index contributed by atoms with van der Waals surface area (Å²) in [5.41, 5.74) is 0.827. The van der Waals surface area contributed by atoms with Crippen LogP contribution in [-0.2, 0) is 11.2 Å². The fourth-order valence-electron chi connectivity index (χ4n) is 2.75. The van der Waals surface area contributed by atoms with E-state index in [1.54, 1.807) is 25.1 Å². The SMILES string of the molecule is CC(O)CC1CCCN1C(=O)Cc1cccc(O)c1. The molecule has 2 rings (SSSR count). The lowest BCUT2D eigenvalue weighted by Crippen LogP contribution is -2.38. The van der Waals surface area contributed by atoms with Crippen molar-refractivity contribution in [2.24, 2.45) is 0 Å². The molecule has 4 nitrogen and oxygen atoms in total. The fourth-order valence-corrected chi connectivity index (χ4v) is 2.75. The Hall–Kier alpha value is -1.55. The molecule has 0 saturated carbocycles. The second kappa shape index (κ2) is 6.06. The van der Waals surface area contributed by atoms with Crippen molar-refractivity contribution in [3.05, 3.63) is 29.8 Å². The smallest absolute Gasteiger partial charge is 0.227 e. The van der Waals surface area contributed by atoms with E-state index in [0.717, 1.165) is 24.9 Å². The van der Waals surface area contributed by atoms with Gasteiger partial charge in [-0.25, -0.2) is 0 Å². The van der Waals surface area contributed by atoms with Gasteiger partial charge in [0.05, 0.1) is 12.5 Å². The lowest BCUT2D eigenvalue weighted by atomic mass is 10.1. The second-order valence-corrected chi connectivity index (χ2v) is 5.31. The van der Waals surface area contributed by atoms with Crippen LogP contribution in [0.3, 0.4) is 0 Å². The van der Waals surface area contributed by atoms with E-state index in [4.69, 9.17) is 0 Å². The van der Waals surface area contributed by atoms with E-state index < -0.39 is 0 Å². The number of nitrogens with zero attached hydrogens (tertiary/aromatic N) is 1. The Morgan fingerprint density at radius 3 is 3.00 bits per heavy atom. The first kappa shape index (κ1) is 13.9. The van der Waals surface area contributed by atoms with E-state index in [1.807, 2.05) is 11.0 Å². The van der Waals surface area contributed by atoms with Gasteiger partial charge in [-0.05, 0) is 43.9 Å². The first-order chi connectivity index (χ1) is 9.06. The number of carbonyl (C=O) groups excluding carboxylic acids is 1. The third-order valence-electron chi connectivity index (χ3n) is 3.58. The van der Waals surface area contributed by atoms with Crippen LogP contribution in [-0.4, -0.2) is 39.7 Å². The number of hydrogen-bond acceptors (Lipinski definition) is 3. The average molecular weight is 263 g/mol. The standard InChI is InChI=1S/C15H21NO3/c1-11(17)8-13-5-3-7-16(13)15(19)10-12-4-2-6-14(18)9-12/h2,4,6,9,11,13,17-18H,3,5,7-8,10H2,1H3. The maximum Gasteiger partial charge on any atom is 0.227 e. The third-order valence-corrected chi connectivity index (χ3v) is 3.58. The molecule has 2 unspecified atom stereocenters. The quantitative estimate of drug-likeness (QED) is 0.869. The molecule has 2 atom stereocenters. The molecule has 19 heavy (non-hydrogen) atoms. The molecule has 1 heterocycles. The van der Waals surface area contributed by atoms with Gasteiger partial charge in [0.25, 0.3) is 0 Å². The predicted octanol–water partition coefficient (Wildman–Crippen LogP) is 1.70. The van der Waals surface area contributed by atoms with Crippen molar-refractivity contribution in [3.8, 4) is 5.75 Å². The minimum atomic E-state index is -0.376. The minimum absolute atomic E-state index is 0.0775. The number of rotatable bonds is 4. The largest absolute Gasteiger partial charge is 0.508 e. The van der Waals surface area contributed by atoms with Crippen LogP contribution in [0.4, 0.5) is 0 Å². The molecular formula is C15H21NO3. The Morgan fingerprint density at radius 2 is 2.32 bits per heavy atom. The van der Waals surface area contributed by atoms with Gasteiger partial charge in [-0.2, -0.15) is 0 Å². The summed E-state index contributed by atoms with van der Waals surface area (Å²) in [5.74, 6) is 0.265. The fraction of sp³-hybridized carbons (Fsp3) is 0.533. The molecule has 104 valence electrons. The van der Waals surface area contributed by atoms with Crippen molar-refractivity contribution in [2.45, 2.75) is 44.8 Å². The Kier molecular flexibility index (Phi) is 4.43. The zero-order valence-electron chi connectivity index (χ0n) is 11.2. The molecular weight excluding hydrogens is 242 g/mol. The van der Waals surface area contributed by atoms with Gasteiger partial charge in [0.15, 0.2) is 0 Å². The second-order valence-electron chi connectivity index (χ2n) is 5.31. The van der Waals surface area contributed by atoms with Crippen LogP contribution >= 0.6 is 0 Å². The Balaban J connectivity index is 1.99. The lowest BCUT2D eigenvalue weighted by molar-refractivity contribution is -0.131. The van der Waals surface area contributed by atoms with Crippen molar-refractivity contribution in [1.82, 2.24) is 4.90 Å². The summed E-state index contributed by atoms with van der Waals surface area (Å²) in [7, 11) is 0. The van der Waals surface area contributed by atoms with E-state index in [-0.39, 0.29) is 23.8 Å². The van der Waals surface area contributed by atoms with E-state index in [2.05, 4.69) is 0 Å². The van der Waals surface area contributed by atoms with Crippen molar-refractivity contribution < 1.29 is 15.0 Å². The Morgan fingerprint density at radius 1 is 1.53 bits per heavy atom. The molecule has 0 aromatic heterocycles. The first-order valence-electron chi connectivity index (χ1n) is 6.81. The molecule has 1 amide bonds. The summed E-state index contributed by atoms with van der Waals surface area (Å²) in [6, 6.07) is 6.97. The van der Waals surface area contributed by atoms with Crippen LogP contribution in [0.5, 0.6) is 5.75 Å². The topological polar surface area (TPSA) is 60.8 Å². The van der Waals surface area contributed by atoms with Gasteiger partial charge < -0.3 is 15.1 Å². The maximum atomic E-state index is 12.3. The van der Waals surface area contributed by atoms with Crippen LogP contribution in [0.2, 0.25) is 0 Å². The molecule has 1 fully saturated rings. The van der Waals surface area contributed by atoms with Crippen molar-refractivity contribution >= 4 is 5.91 Å². The highest BCUT2D eigenvalue weighted by Crippen LogP contribution is 2.23. The molecule has 0 spiro atoms. The summed E-state index contributed by atoms with van der Waals surface area (Å²) in [5, 5.41) is 18.9.